The summed E-state index contributed by atoms with van der Waals surface area (Å²) in [5.74, 6) is -0.608. The van der Waals surface area contributed by atoms with Crippen molar-refractivity contribution in [2.45, 2.75) is 26.4 Å². The van der Waals surface area contributed by atoms with Gasteiger partial charge in [0, 0.05) is 0 Å². The van der Waals surface area contributed by atoms with E-state index in [1.165, 1.54) is 12.1 Å². The molecule has 0 aliphatic rings. The van der Waals surface area contributed by atoms with Gasteiger partial charge in [0.15, 0.2) is 5.69 Å². The van der Waals surface area contributed by atoms with Gasteiger partial charge in [0.2, 0.25) is 0 Å². The first-order valence-corrected chi connectivity index (χ1v) is 4.99. The fraction of sp³-hybridized carbons (Fsp3) is 0.333. The Kier molecular flexibility index (Phi) is 3.69. The number of halogens is 1. The lowest BCUT2D eigenvalue weighted by atomic mass is 10.2. The van der Waals surface area contributed by atoms with Gasteiger partial charge in [-0.2, -0.15) is 0 Å². The smallest absolute Gasteiger partial charge is 0.412 e. The van der Waals surface area contributed by atoms with Gasteiger partial charge < -0.3 is 4.74 Å². The number of amides is 1. The van der Waals surface area contributed by atoms with E-state index >= 15 is 0 Å². The van der Waals surface area contributed by atoms with Crippen LogP contribution in [0.2, 0.25) is 0 Å². The van der Waals surface area contributed by atoms with Crippen LogP contribution in [0.15, 0.2) is 18.2 Å². The molecule has 1 rings (SSSR count). The van der Waals surface area contributed by atoms with E-state index in [-0.39, 0.29) is 11.4 Å². The minimum absolute atomic E-state index is 0.0623. The number of benzene rings is 1. The molecule has 0 saturated carbocycles. The molecule has 4 nitrogen and oxygen atoms in total. The van der Waals surface area contributed by atoms with Crippen LogP contribution in [0, 0.1) is 12.4 Å². The Balaban J connectivity index is 2.82. The number of nitrogens with zero attached hydrogens (tertiary/aromatic N) is 1. The molecule has 0 fully saturated rings. The predicted molar refractivity (Wildman–Crippen MR) is 62.5 cm³/mol. The molecule has 0 unspecified atom stereocenters. The molecule has 0 aliphatic heterocycles. The second kappa shape index (κ2) is 4.83. The third kappa shape index (κ3) is 4.11. The van der Waals surface area contributed by atoms with E-state index in [9.17, 15) is 9.18 Å². The molecule has 5 heteroatoms. The molecule has 0 aromatic heterocycles. The SMILES string of the molecule is [C-]#[N+]c1ccc(F)c(NC(=O)OC(C)(C)C)c1. The van der Waals surface area contributed by atoms with Gasteiger partial charge in [-0.3, -0.25) is 5.32 Å². The summed E-state index contributed by atoms with van der Waals surface area (Å²) in [5.41, 5.74) is -0.469. The van der Waals surface area contributed by atoms with Gasteiger partial charge in [-0.15, -0.1) is 0 Å². The monoisotopic (exact) mass is 236 g/mol. The van der Waals surface area contributed by atoms with Crippen LogP contribution in [0.1, 0.15) is 20.8 Å². The average molecular weight is 236 g/mol. The standard InChI is InChI=1S/C12H13FN2O2/c1-12(2,3)17-11(16)15-10-7-8(14-4)5-6-9(10)13/h5-7H,1-3H3,(H,15,16). The summed E-state index contributed by atoms with van der Waals surface area (Å²) in [7, 11) is 0. The number of nitrogens with one attached hydrogen (secondary N) is 1. The lowest BCUT2D eigenvalue weighted by molar-refractivity contribution is 0.0635. The summed E-state index contributed by atoms with van der Waals surface area (Å²) in [6.07, 6.45) is -0.751. The van der Waals surface area contributed by atoms with Crippen molar-refractivity contribution in [3.8, 4) is 0 Å². The molecule has 0 bridgehead atoms. The second-order valence-corrected chi connectivity index (χ2v) is 4.40. The number of ether oxygens (including phenoxy) is 1. The summed E-state index contributed by atoms with van der Waals surface area (Å²) in [6, 6.07) is 3.72. The fourth-order valence-corrected chi connectivity index (χ4v) is 1.09. The maximum atomic E-state index is 13.3. The van der Waals surface area contributed by atoms with Gasteiger partial charge in [0.25, 0.3) is 0 Å². The van der Waals surface area contributed by atoms with Crippen molar-refractivity contribution >= 4 is 17.5 Å². The fourth-order valence-electron chi connectivity index (χ4n) is 1.09. The summed E-state index contributed by atoms with van der Waals surface area (Å²) in [5, 5.41) is 2.26. The van der Waals surface area contributed by atoms with E-state index in [0.29, 0.717) is 0 Å². The second-order valence-electron chi connectivity index (χ2n) is 4.40. The van der Waals surface area contributed by atoms with E-state index in [4.69, 9.17) is 11.3 Å². The molecular formula is C12H13FN2O2. The Morgan fingerprint density at radius 2 is 2.12 bits per heavy atom. The number of carbonyl (C=O) groups is 1. The highest BCUT2D eigenvalue weighted by Gasteiger charge is 2.17. The van der Waals surface area contributed by atoms with E-state index in [1.807, 2.05) is 0 Å². The highest BCUT2D eigenvalue weighted by atomic mass is 19.1. The molecule has 0 spiro atoms. The van der Waals surface area contributed by atoms with Crippen LogP contribution in [0.3, 0.4) is 0 Å². The number of carbonyl (C=O) groups excluding carboxylic acids is 1. The minimum atomic E-state index is -0.751. The molecule has 1 aromatic rings. The average Bonchev–Trinajstić information content (AvgIpc) is 2.18. The normalized spacial score (nSPS) is 10.5. The largest absolute Gasteiger partial charge is 0.444 e. The van der Waals surface area contributed by atoms with Crippen molar-refractivity contribution in [1.29, 1.82) is 0 Å². The minimum Gasteiger partial charge on any atom is -0.444 e. The first kappa shape index (κ1) is 13.0. The summed E-state index contributed by atoms with van der Waals surface area (Å²) >= 11 is 0. The van der Waals surface area contributed by atoms with Gasteiger partial charge in [0.05, 0.1) is 12.3 Å². The zero-order chi connectivity index (χ0) is 13.1. The molecule has 0 heterocycles. The van der Waals surface area contributed by atoms with Gasteiger partial charge in [-0.25, -0.2) is 14.0 Å². The van der Waals surface area contributed by atoms with Crippen LogP contribution < -0.4 is 5.32 Å². The van der Waals surface area contributed by atoms with Gasteiger partial charge in [-0.05, 0) is 32.9 Å². The van der Waals surface area contributed by atoms with Crippen molar-refractivity contribution in [3.63, 3.8) is 0 Å². The molecule has 1 amide bonds. The maximum Gasteiger partial charge on any atom is 0.412 e. The molecule has 1 aromatic carbocycles. The Morgan fingerprint density at radius 1 is 1.47 bits per heavy atom. The van der Waals surface area contributed by atoms with Crippen LogP contribution in [-0.4, -0.2) is 11.7 Å². The predicted octanol–water partition coefficient (Wildman–Crippen LogP) is 3.72. The zero-order valence-electron chi connectivity index (χ0n) is 9.87. The van der Waals surface area contributed by atoms with Gasteiger partial charge >= 0.3 is 6.09 Å². The third-order valence-electron chi connectivity index (χ3n) is 1.71. The lowest BCUT2D eigenvalue weighted by Gasteiger charge is -2.19. The Bertz CT molecular complexity index is 472. The number of hydrogen-bond acceptors (Lipinski definition) is 2. The molecular weight excluding hydrogens is 223 g/mol. The summed E-state index contributed by atoms with van der Waals surface area (Å²) in [6.45, 7) is 11.9. The zero-order valence-corrected chi connectivity index (χ0v) is 9.87. The van der Waals surface area contributed by atoms with E-state index < -0.39 is 17.5 Å². The van der Waals surface area contributed by atoms with Gasteiger partial charge in [0.1, 0.15) is 11.4 Å². The Morgan fingerprint density at radius 3 is 2.65 bits per heavy atom. The number of hydrogen-bond donors (Lipinski definition) is 1. The van der Waals surface area contributed by atoms with E-state index in [0.717, 1.165) is 6.07 Å². The van der Waals surface area contributed by atoms with Crippen LogP contribution in [0.4, 0.5) is 20.6 Å². The van der Waals surface area contributed by atoms with Crippen molar-refractivity contribution in [1.82, 2.24) is 0 Å². The lowest BCUT2D eigenvalue weighted by Crippen LogP contribution is -2.27. The van der Waals surface area contributed by atoms with E-state index in [1.54, 1.807) is 20.8 Å². The van der Waals surface area contributed by atoms with Crippen LogP contribution >= 0.6 is 0 Å². The first-order valence-electron chi connectivity index (χ1n) is 4.99. The van der Waals surface area contributed by atoms with Crippen LogP contribution in [0.5, 0.6) is 0 Å². The topological polar surface area (TPSA) is 42.7 Å². The quantitative estimate of drug-likeness (QED) is 0.755. The van der Waals surface area contributed by atoms with Crippen LogP contribution in [-0.2, 0) is 4.74 Å². The van der Waals surface area contributed by atoms with Gasteiger partial charge in [-0.1, -0.05) is 6.07 Å². The number of anilines is 1. The summed E-state index contributed by atoms with van der Waals surface area (Å²) < 4.78 is 18.3. The Hall–Kier alpha value is -2.09. The maximum absolute atomic E-state index is 13.3. The number of rotatable bonds is 1. The first-order chi connectivity index (χ1) is 7.81. The molecule has 1 N–H and O–H groups in total. The Labute approximate surface area is 99.2 Å². The van der Waals surface area contributed by atoms with E-state index in [2.05, 4.69) is 10.2 Å². The molecule has 0 atom stereocenters. The van der Waals surface area contributed by atoms with Crippen LogP contribution in [0.25, 0.3) is 4.85 Å². The molecule has 0 aliphatic carbocycles. The molecule has 0 saturated heterocycles. The molecule has 0 radical (unpaired) electrons. The van der Waals surface area contributed by atoms with Crippen molar-refractivity contribution in [3.05, 3.63) is 35.4 Å². The van der Waals surface area contributed by atoms with Crippen molar-refractivity contribution < 1.29 is 13.9 Å². The highest BCUT2D eigenvalue weighted by molar-refractivity contribution is 5.85. The van der Waals surface area contributed by atoms with Crippen molar-refractivity contribution in [2.75, 3.05) is 5.32 Å². The molecule has 90 valence electrons. The van der Waals surface area contributed by atoms with Crippen molar-refractivity contribution in [2.24, 2.45) is 0 Å². The third-order valence-corrected chi connectivity index (χ3v) is 1.71. The molecule has 17 heavy (non-hydrogen) atoms. The highest BCUT2D eigenvalue weighted by Crippen LogP contribution is 2.22. The summed E-state index contributed by atoms with van der Waals surface area (Å²) in [4.78, 5) is 14.5.